The lowest BCUT2D eigenvalue weighted by atomic mass is 10.0. The third-order valence-corrected chi connectivity index (χ3v) is 6.01. The summed E-state index contributed by atoms with van der Waals surface area (Å²) in [5.41, 5.74) is 2.42. The molecule has 0 radical (unpaired) electrons. The van der Waals surface area contributed by atoms with Crippen LogP contribution in [0, 0.1) is 0 Å². The van der Waals surface area contributed by atoms with E-state index in [0.29, 0.717) is 53.0 Å². The van der Waals surface area contributed by atoms with E-state index in [9.17, 15) is 9.59 Å². The number of hydrogen-bond donors (Lipinski definition) is 0. The van der Waals surface area contributed by atoms with Gasteiger partial charge in [-0.15, -0.1) is 0 Å². The Morgan fingerprint density at radius 2 is 1.47 bits per heavy atom. The zero-order valence-electron chi connectivity index (χ0n) is 21.6. The molecule has 3 rings (SSSR count). The van der Waals surface area contributed by atoms with Gasteiger partial charge >= 0.3 is 5.97 Å². The van der Waals surface area contributed by atoms with Gasteiger partial charge in [0.25, 0.3) is 5.91 Å². The molecule has 0 saturated carbocycles. The minimum atomic E-state index is -0.597. The molecule has 0 fully saturated rings. The number of amides is 1. The molecule has 9 heteroatoms. The molecule has 0 aliphatic carbocycles. The largest absolute Gasteiger partial charge is 0.493 e. The second kappa shape index (κ2) is 11.5. The van der Waals surface area contributed by atoms with E-state index < -0.39 is 5.97 Å². The van der Waals surface area contributed by atoms with E-state index in [1.54, 1.807) is 44.3 Å². The Hall–Kier alpha value is -4.14. The van der Waals surface area contributed by atoms with Gasteiger partial charge in [0, 0.05) is 17.8 Å². The zero-order valence-corrected chi connectivity index (χ0v) is 21.6. The summed E-state index contributed by atoms with van der Waals surface area (Å²) in [4.78, 5) is 27.8. The highest BCUT2D eigenvalue weighted by Gasteiger charge is 2.37. The number of methoxy groups -OCH3 is 6. The first-order valence-electron chi connectivity index (χ1n) is 11.2. The standard InChI is InChI=1S/C27H31NO8/c1-16-23(27(30)36-7)19(15-18-9-11-21(32-3)25(35-6)24(18)34-5)26(29)28(16)13-12-17-8-10-20(31-2)22(14-17)33-4/h8-11,14-15H,12-13H2,1-7H3/b19-15-. The van der Waals surface area contributed by atoms with Crippen molar-refractivity contribution < 1.29 is 38.0 Å². The summed E-state index contributed by atoms with van der Waals surface area (Å²) >= 11 is 0. The molecule has 2 aromatic carbocycles. The number of carbonyl (C=O) groups is 2. The summed E-state index contributed by atoms with van der Waals surface area (Å²) in [5, 5.41) is 0. The van der Waals surface area contributed by atoms with E-state index >= 15 is 0 Å². The average Bonchev–Trinajstić information content (AvgIpc) is 3.14. The fourth-order valence-electron chi connectivity index (χ4n) is 4.17. The molecule has 0 bridgehead atoms. The molecule has 192 valence electrons. The Balaban J connectivity index is 2.00. The first kappa shape index (κ1) is 26.5. The van der Waals surface area contributed by atoms with E-state index in [4.69, 9.17) is 28.4 Å². The van der Waals surface area contributed by atoms with Crippen molar-refractivity contribution >= 4 is 18.0 Å². The van der Waals surface area contributed by atoms with Crippen molar-refractivity contribution in [2.24, 2.45) is 0 Å². The van der Waals surface area contributed by atoms with E-state index in [0.717, 1.165) is 5.56 Å². The summed E-state index contributed by atoms with van der Waals surface area (Å²) in [6, 6.07) is 9.03. The Kier molecular flexibility index (Phi) is 8.47. The highest BCUT2D eigenvalue weighted by atomic mass is 16.5. The monoisotopic (exact) mass is 497 g/mol. The van der Waals surface area contributed by atoms with Crippen LogP contribution in [0.3, 0.4) is 0 Å². The molecule has 0 saturated heterocycles. The molecule has 0 aromatic heterocycles. The van der Waals surface area contributed by atoms with Crippen molar-refractivity contribution in [2.75, 3.05) is 49.2 Å². The third-order valence-electron chi connectivity index (χ3n) is 6.01. The molecular formula is C27H31NO8. The molecule has 9 nitrogen and oxygen atoms in total. The van der Waals surface area contributed by atoms with Gasteiger partial charge in [-0.1, -0.05) is 6.07 Å². The van der Waals surface area contributed by atoms with Gasteiger partial charge in [0.1, 0.15) is 0 Å². The number of benzene rings is 2. The smallest absolute Gasteiger partial charge is 0.340 e. The molecule has 1 aliphatic rings. The van der Waals surface area contributed by atoms with Crippen LogP contribution in [0.4, 0.5) is 0 Å². The molecule has 0 N–H and O–H groups in total. The predicted octanol–water partition coefficient (Wildman–Crippen LogP) is 3.64. The lowest BCUT2D eigenvalue weighted by Crippen LogP contribution is -2.27. The van der Waals surface area contributed by atoms with Crippen molar-refractivity contribution in [3.63, 3.8) is 0 Å². The summed E-state index contributed by atoms with van der Waals surface area (Å²) in [6.45, 7) is 2.08. The zero-order chi connectivity index (χ0) is 26.4. The van der Waals surface area contributed by atoms with E-state index in [-0.39, 0.29) is 17.1 Å². The SMILES string of the molecule is COC(=O)C1=C(C)N(CCc2ccc(OC)c(OC)c2)C(=O)/C1=C\c1ccc(OC)c(OC)c1OC. The first-order chi connectivity index (χ1) is 17.3. The Morgan fingerprint density at radius 3 is 2.06 bits per heavy atom. The molecule has 0 atom stereocenters. The summed E-state index contributed by atoms with van der Waals surface area (Å²) < 4.78 is 32.0. The highest BCUT2D eigenvalue weighted by Crippen LogP contribution is 2.42. The number of allylic oxidation sites excluding steroid dienone is 1. The van der Waals surface area contributed by atoms with E-state index in [1.165, 1.54) is 28.4 Å². The maximum absolute atomic E-state index is 13.5. The van der Waals surface area contributed by atoms with Crippen molar-refractivity contribution in [3.8, 4) is 28.7 Å². The topological polar surface area (TPSA) is 92.8 Å². The van der Waals surface area contributed by atoms with E-state index in [1.807, 2.05) is 18.2 Å². The molecule has 1 aliphatic heterocycles. The van der Waals surface area contributed by atoms with Gasteiger partial charge in [0.2, 0.25) is 5.75 Å². The van der Waals surface area contributed by atoms with Crippen molar-refractivity contribution in [2.45, 2.75) is 13.3 Å². The number of carbonyl (C=O) groups excluding carboxylic acids is 2. The number of ether oxygens (including phenoxy) is 6. The minimum absolute atomic E-state index is 0.201. The van der Waals surface area contributed by atoms with Gasteiger partial charge in [0.15, 0.2) is 23.0 Å². The molecule has 0 spiro atoms. The number of hydrogen-bond acceptors (Lipinski definition) is 8. The van der Waals surface area contributed by atoms with Crippen LogP contribution in [0.2, 0.25) is 0 Å². The Labute approximate surface area is 210 Å². The molecule has 36 heavy (non-hydrogen) atoms. The third kappa shape index (κ3) is 4.95. The Bertz CT molecular complexity index is 1210. The first-order valence-corrected chi connectivity index (χ1v) is 11.2. The number of nitrogens with zero attached hydrogens (tertiary/aromatic N) is 1. The predicted molar refractivity (Wildman–Crippen MR) is 134 cm³/mol. The van der Waals surface area contributed by atoms with Crippen molar-refractivity contribution in [3.05, 3.63) is 58.3 Å². The maximum Gasteiger partial charge on any atom is 0.340 e. The van der Waals surface area contributed by atoms with Crippen LogP contribution in [0.25, 0.3) is 6.08 Å². The lowest BCUT2D eigenvalue weighted by molar-refractivity contribution is -0.136. The molecule has 2 aromatic rings. The van der Waals surface area contributed by atoms with E-state index in [2.05, 4.69) is 0 Å². The average molecular weight is 498 g/mol. The van der Waals surface area contributed by atoms with Crippen LogP contribution in [-0.2, 0) is 20.7 Å². The van der Waals surface area contributed by atoms with Crippen LogP contribution in [0.5, 0.6) is 28.7 Å². The normalized spacial score (nSPS) is 14.2. The molecule has 0 unspecified atom stereocenters. The number of esters is 1. The number of rotatable bonds is 10. The Morgan fingerprint density at radius 1 is 0.833 bits per heavy atom. The van der Waals surface area contributed by atoms with Gasteiger partial charge in [0.05, 0.1) is 53.8 Å². The fourth-order valence-corrected chi connectivity index (χ4v) is 4.17. The molecule has 1 heterocycles. The van der Waals surface area contributed by atoms with Gasteiger partial charge in [-0.3, -0.25) is 4.79 Å². The summed E-state index contributed by atoms with van der Waals surface area (Å²) in [5.74, 6) is 1.55. The van der Waals surface area contributed by atoms with Crippen LogP contribution in [0.15, 0.2) is 47.2 Å². The second-order valence-corrected chi connectivity index (χ2v) is 7.83. The fraction of sp³-hybridized carbons (Fsp3) is 0.333. The maximum atomic E-state index is 13.5. The molecular weight excluding hydrogens is 466 g/mol. The van der Waals surface area contributed by atoms with Crippen LogP contribution in [-0.4, -0.2) is 66.0 Å². The lowest BCUT2D eigenvalue weighted by Gasteiger charge is -2.18. The summed E-state index contributed by atoms with van der Waals surface area (Å²) in [6.07, 6.45) is 2.14. The van der Waals surface area contributed by atoms with Gasteiger partial charge in [-0.25, -0.2) is 4.79 Å². The van der Waals surface area contributed by atoms with Gasteiger partial charge in [-0.2, -0.15) is 0 Å². The highest BCUT2D eigenvalue weighted by molar-refractivity contribution is 6.16. The summed E-state index contributed by atoms with van der Waals surface area (Å²) in [7, 11) is 8.94. The van der Waals surface area contributed by atoms with Gasteiger partial charge in [-0.05, 0) is 49.2 Å². The quantitative estimate of drug-likeness (QED) is 0.363. The minimum Gasteiger partial charge on any atom is -0.493 e. The van der Waals surface area contributed by atoms with Crippen LogP contribution < -0.4 is 23.7 Å². The van der Waals surface area contributed by atoms with Crippen LogP contribution in [0.1, 0.15) is 18.1 Å². The second-order valence-electron chi connectivity index (χ2n) is 7.83. The van der Waals surface area contributed by atoms with Crippen LogP contribution >= 0.6 is 0 Å². The molecule has 1 amide bonds. The van der Waals surface area contributed by atoms with Gasteiger partial charge < -0.3 is 33.3 Å². The van der Waals surface area contributed by atoms with Crippen molar-refractivity contribution in [1.29, 1.82) is 0 Å². The van der Waals surface area contributed by atoms with Crippen molar-refractivity contribution in [1.82, 2.24) is 4.90 Å².